The van der Waals surface area contributed by atoms with Crippen LogP contribution in [0.2, 0.25) is 0 Å². The van der Waals surface area contributed by atoms with Gasteiger partial charge in [0.05, 0.1) is 15.9 Å². The highest BCUT2D eigenvalue weighted by atomic mass is 79.9. The van der Waals surface area contributed by atoms with Gasteiger partial charge in [-0.1, -0.05) is 30.3 Å². The van der Waals surface area contributed by atoms with Crippen LogP contribution in [0, 0.1) is 12.7 Å². The van der Waals surface area contributed by atoms with Crippen molar-refractivity contribution in [2.24, 2.45) is 0 Å². The second-order valence-electron chi connectivity index (χ2n) is 4.71. The molecule has 0 amide bonds. The minimum Gasteiger partial charge on any atom is -0.383 e. The Morgan fingerprint density at radius 3 is 2.52 bits per heavy atom. The molecule has 0 spiro atoms. The summed E-state index contributed by atoms with van der Waals surface area (Å²) in [6.07, 6.45) is 0. The van der Waals surface area contributed by atoms with Gasteiger partial charge in [-0.2, -0.15) is 5.10 Å². The minimum absolute atomic E-state index is 0.320. The summed E-state index contributed by atoms with van der Waals surface area (Å²) in [5, 5.41) is 4.55. The van der Waals surface area contributed by atoms with E-state index in [1.165, 1.54) is 6.07 Å². The average Bonchev–Trinajstić information content (AvgIpc) is 2.79. The molecule has 2 N–H and O–H groups in total. The fourth-order valence-electron chi connectivity index (χ4n) is 2.22. The summed E-state index contributed by atoms with van der Waals surface area (Å²) in [4.78, 5) is 0. The van der Waals surface area contributed by atoms with Crippen LogP contribution in [-0.4, -0.2) is 9.78 Å². The number of hydrogen-bond donors (Lipinski definition) is 1. The van der Waals surface area contributed by atoms with E-state index in [1.807, 2.05) is 43.3 Å². The zero-order valence-corrected chi connectivity index (χ0v) is 12.9. The van der Waals surface area contributed by atoms with Crippen molar-refractivity contribution in [1.29, 1.82) is 0 Å². The van der Waals surface area contributed by atoms with Gasteiger partial charge in [0.1, 0.15) is 11.6 Å². The smallest absolute Gasteiger partial charge is 0.138 e. The highest BCUT2D eigenvalue weighted by Gasteiger charge is 2.17. The van der Waals surface area contributed by atoms with Gasteiger partial charge in [-0.15, -0.1) is 0 Å². The zero-order chi connectivity index (χ0) is 15.0. The van der Waals surface area contributed by atoms with E-state index in [4.69, 9.17) is 5.73 Å². The van der Waals surface area contributed by atoms with Crippen LogP contribution in [0.4, 0.5) is 10.2 Å². The van der Waals surface area contributed by atoms with Gasteiger partial charge < -0.3 is 5.73 Å². The summed E-state index contributed by atoms with van der Waals surface area (Å²) >= 11 is 3.28. The van der Waals surface area contributed by atoms with Crippen molar-refractivity contribution in [3.05, 3.63) is 64.4 Å². The van der Waals surface area contributed by atoms with Crippen LogP contribution >= 0.6 is 15.9 Å². The van der Waals surface area contributed by atoms with E-state index < -0.39 is 0 Å². The van der Waals surface area contributed by atoms with Gasteiger partial charge in [-0.05, 0) is 41.1 Å². The lowest BCUT2D eigenvalue weighted by Crippen LogP contribution is -2.01. The normalized spacial score (nSPS) is 10.8. The van der Waals surface area contributed by atoms with Gasteiger partial charge in [0.15, 0.2) is 0 Å². The number of rotatable bonds is 2. The van der Waals surface area contributed by atoms with E-state index in [1.54, 1.807) is 10.7 Å². The summed E-state index contributed by atoms with van der Waals surface area (Å²) in [5.41, 5.74) is 9.21. The number of halogens is 2. The van der Waals surface area contributed by atoms with Gasteiger partial charge in [0.2, 0.25) is 0 Å². The Morgan fingerprint density at radius 1 is 1.10 bits per heavy atom. The van der Waals surface area contributed by atoms with E-state index in [0.717, 1.165) is 11.3 Å². The highest BCUT2D eigenvalue weighted by Crippen LogP contribution is 2.34. The van der Waals surface area contributed by atoms with Gasteiger partial charge in [-0.25, -0.2) is 9.07 Å². The van der Waals surface area contributed by atoms with Gasteiger partial charge in [-0.3, -0.25) is 0 Å². The van der Waals surface area contributed by atoms with Crippen molar-refractivity contribution < 1.29 is 4.39 Å². The molecule has 106 valence electrons. The van der Waals surface area contributed by atoms with Crippen LogP contribution in [0.5, 0.6) is 0 Å². The Morgan fingerprint density at radius 2 is 1.81 bits per heavy atom. The monoisotopic (exact) mass is 345 g/mol. The summed E-state index contributed by atoms with van der Waals surface area (Å²) < 4.78 is 15.8. The first-order valence-corrected chi connectivity index (χ1v) is 7.24. The van der Waals surface area contributed by atoms with Crippen LogP contribution in [-0.2, 0) is 0 Å². The lowest BCUT2D eigenvalue weighted by Gasteiger charge is -2.03. The van der Waals surface area contributed by atoms with Gasteiger partial charge in [0, 0.05) is 11.1 Å². The number of aromatic nitrogens is 2. The number of anilines is 1. The molecule has 0 aliphatic heterocycles. The lowest BCUT2D eigenvalue weighted by atomic mass is 10.1. The molecule has 0 unspecified atom stereocenters. The summed E-state index contributed by atoms with van der Waals surface area (Å²) in [5.74, 6) is 0.229. The van der Waals surface area contributed by atoms with Crippen LogP contribution in [0.3, 0.4) is 0 Å². The molecule has 3 nitrogen and oxygen atoms in total. The largest absolute Gasteiger partial charge is 0.383 e. The molecule has 21 heavy (non-hydrogen) atoms. The molecule has 0 saturated heterocycles. The van der Waals surface area contributed by atoms with Gasteiger partial charge >= 0.3 is 0 Å². The van der Waals surface area contributed by atoms with Crippen molar-refractivity contribution in [2.75, 3.05) is 5.73 Å². The maximum Gasteiger partial charge on any atom is 0.138 e. The Hall–Kier alpha value is -2.14. The standard InChI is InChI=1S/C16H13BrFN3/c1-10-15(12-8-5-9-13(18)14(12)17)20-21(16(10)19)11-6-3-2-4-7-11/h2-9H,19H2,1H3. The molecule has 0 saturated carbocycles. The molecule has 0 aliphatic carbocycles. The number of nitrogens with two attached hydrogens (primary N) is 1. The SMILES string of the molecule is Cc1c(-c2cccc(F)c2Br)nn(-c2ccccc2)c1N. The molecule has 5 heteroatoms. The first-order valence-electron chi connectivity index (χ1n) is 6.44. The van der Waals surface area contributed by atoms with Crippen molar-refractivity contribution in [3.8, 4) is 16.9 Å². The maximum atomic E-state index is 13.7. The topological polar surface area (TPSA) is 43.8 Å². The highest BCUT2D eigenvalue weighted by molar-refractivity contribution is 9.10. The first-order chi connectivity index (χ1) is 10.1. The third-order valence-electron chi connectivity index (χ3n) is 3.38. The molecule has 3 rings (SSSR count). The summed E-state index contributed by atoms with van der Waals surface area (Å²) in [7, 11) is 0. The van der Waals surface area contributed by atoms with Crippen LogP contribution < -0.4 is 5.73 Å². The van der Waals surface area contributed by atoms with E-state index in [2.05, 4.69) is 21.0 Å². The molecule has 3 aromatic rings. The molecule has 0 atom stereocenters. The second kappa shape index (κ2) is 5.33. The third-order valence-corrected chi connectivity index (χ3v) is 4.18. The first kappa shape index (κ1) is 13.8. The van der Waals surface area contributed by atoms with E-state index >= 15 is 0 Å². The van der Waals surface area contributed by atoms with Crippen LogP contribution in [0.1, 0.15) is 5.56 Å². The molecule has 1 heterocycles. The molecule has 0 bridgehead atoms. The van der Waals surface area contributed by atoms with Crippen molar-refractivity contribution >= 4 is 21.7 Å². The predicted molar refractivity (Wildman–Crippen MR) is 85.8 cm³/mol. The molecular formula is C16H13BrFN3. The van der Waals surface area contributed by atoms with E-state index in [-0.39, 0.29) is 5.82 Å². The number of para-hydroxylation sites is 1. The number of nitrogen functional groups attached to an aromatic ring is 1. The molecule has 2 aromatic carbocycles. The zero-order valence-electron chi connectivity index (χ0n) is 11.3. The number of nitrogens with zero attached hydrogens (tertiary/aromatic N) is 2. The Kier molecular flexibility index (Phi) is 3.51. The van der Waals surface area contributed by atoms with Crippen molar-refractivity contribution in [3.63, 3.8) is 0 Å². The number of benzene rings is 2. The fourth-order valence-corrected chi connectivity index (χ4v) is 2.67. The second-order valence-corrected chi connectivity index (χ2v) is 5.50. The quantitative estimate of drug-likeness (QED) is 0.751. The maximum absolute atomic E-state index is 13.7. The Bertz CT molecular complexity index is 797. The van der Waals surface area contributed by atoms with Crippen LogP contribution in [0.25, 0.3) is 16.9 Å². The van der Waals surface area contributed by atoms with Crippen LogP contribution in [0.15, 0.2) is 53.0 Å². The van der Waals surface area contributed by atoms with E-state index in [9.17, 15) is 4.39 Å². The Balaban J connectivity index is 2.20. The molecule has 0 radical (unpaired) electrons. The molecule has 0 aliphatic rings. The number of hydrogen-bond acceptors (Lipinski definition) is 2. The molecule has 0 fully saturated rings. The van der Waals surface area contributed by atoms with Gasteiger partial charge in [0.25, 0.3) is 0 Å². The summed E-state index contributed by atoms with van der Waals surface area (Å²) in [6.45, 7) is 1.88. The fraction of sp³-hybridized carbons (Fsp3) is 0.0625. The predicted octanol–water partition coefficient (Wildman–Crippen LogP) is 4.33. The van der Waals surface area contributed by atoms with Crippen molar-refractivity contribution in [2.45, 2.75) is 6.92 Å². The Labute approximate surface area is 130 Å². The third kappa shape index (κ3) is 2.34. The molecular weight excluding hydrogens is 333 g/mol. The minimum atomic E-state index is -0.320. The average molecular weight is 346 g/mol. The summed E-state index contributed by atoms with van der Waals surface area (Å²) in [6, 6.07) is 14.5. The lowest BCUT2D eigenvalue weighted by molar-refractivity contribution is 0.621. The van der Waals surface area contributed by atoms with E-state index in [0.29, 0.717) is 21.5 Å². The molecule has 1 aromatic heterocycles. The van der Waals surface area contributed by atoms with Crippen molar-refractivity contribution in [1.82, 2.24) is 9.78 Å².